The standard InChI is InChI=1S/C15H16N2O3/c18-9-10-6-7-17(8-10)14-5-4-11-12(15(19)20)2-1-3-13(11)16-14/h1-5,10,18H,6-9H2,(H,19,20). The Morgan fingerprint density at radius 1 is 1.35 bits per heavy atom. The van der Waals surface area contributed by atoms with Crippen molar-refractivity contribution in [2.45, 2.75) is 6.42 Å². The normalized spacial score (nSPS) is 18.6. The molecule has 0 spiro atoms. The zero-order chi connectivity index (χ0) is 14.1. The van der Waals surface area contributed by atoms with E-state index in [0.29, 0.717) is 16.8 Å². The van der Waals surface area contributed by atoms with Crippen LogP contribution in [0, 0.1) is 5.92 Å². The summed E-state index contributed by atoms with van der Waals surface area (Å²) < 4.78 is 0. The van der Waals surface area contributed by atoms with Gasteiger partial charge in [0.25, 0.3) is 0 Å². The summed E-state index contributed by atoms with van der Waals surface area (Å²) in [5.74, 6) is 0.209. The van der Waals surface area contributed by atoms with E-state index in [2.05, 4.69) is 9.88 Å². The summed E-state index contributed by atoms with van der Waals surface area (Å²) in [6.45, 7) is 1.88. The summed E-state index contributed by atoms with van der Waals surface area (Å²) in [5, 5.41) is 19.0. The third kappa shape index (κ3) is 2.20. The molecule has 104 valence electrons. The zero-order valence-electron chi connectivity index (χ0n) is 11.0. The molecule has 5 heteroatoms. The van der Waals surface area contributed by atoms with Crippen molar-refractivity contribution in [2.75, 3.05) is 24.6 Å². The van der Waals surface area contributed by atoms with Crippen molar-refractivity contribution < 1.29 is 15.0 Å². The van der Waals surface area contributed by atoms with Gasteiger partial charge in [0.1, 0.15) is 5.82 Å². The molecule has 1 aromatic carbocycles. The molecule has 20 heavy (non-hydrogen) atoms. The quantitative estimate of drug-likeness (QED) is 0.890. The number of carboxylic acids is 1. The number of carbonyl (C=O) groups is 1. The lowest BCUT2D eigenvalue weighted by Gasteiger charge is -2.17. The topological polar surface area (TPSA) is 73.7 Å². The minimum Gasteiger partial charge on any atom is -0.478 e. The fraction of sp³-hybridized carbons (Fsp3) is 0.333. The molecule has 1 aliphatic rings. The molecular formula is C15H16N2O3. The maximum Gasteiger partial charge on any atom is 0.336 e. The zero-order valence-corrected chi connectivity index (χ0v) is 11.0. The molecule has 1 unspecified atom stereocenters. The number of nitrogens with zero attached hydrogens (tertiary/aromatic N) is 2. The molecule has 0 aliphatic carbocycles. The van der Waals surface area contributed by atoms with E-state index in [1.807, 2.05) is 18.2 Å². The highest BCUT2D eigenvalue weighted by molar-refractivity contribution is 6.02. The van der Waals surface area contributed by atoms with E-state index < -0.39 is 5.97 Å². The first-order valence-corrected chi connectivity index (χ1v) is 6.68. The summed E-state index contributed by atoms with van der Waals surface area (Å²) >= 11 is 0. The van der Waals surface area contributed by atoms with E-state index in [0.717, 1.165) is 25.3 Å². The number of aromatic carboxylic acids is 1. The molecule has 0 saturated carbocycles. The maximum absolute atomic E-state index is 11.2. The number of aromatic nitrogens is 1. The maximum atomic E-state index is 11.2. The van der Waals surface area contributed by atoms with Crippen molar-refractivity contribution in [3.8, 4) is 0 Å². The van der Waals surface area contributed by atoms with E-state index in [4.69, 9.17) is 5.11 Å². The van der Waals surface area contributed by atoms with Gasteiger partial charge in [-0.1, -0.05) is 6.07 Å². The van der Waals surface area contributed by atoms with Crippen LogP contribution in [0.2, 0.25) is 0 Å². The fourth-order valence-electron chi connectivity index (χ4n) is 2.70. The van der Waals surface area contributed by atoms with Crippen LogP contribution in [0.5, 0.6) is 0 Å². The summed E-state index contributed by atoms with van der Waals surface area (Å²) in [6.07, 6.45) is 0.964. The molecule has 1 fully saturated rings. The molecule has 0 bridgehead atoms. The van der Waals surface area contributed by atoms with Gasteiger partial charge in [0.05, 0.1) is 11.1 Å². The number of pyridine rings is 1. The molecule has 2 heterocycles. The van der Waals surface area contributed by atoms with Crippen LogP contribution in [0.3, 0.4) is 0 Å². The van der Waals surface area contributed by atoms with Gasteiger partial charge in [-0.2, -0.15) is 0 Å². The van der Waals surface area contributed by atoms with Crippen molar-refractivity contribution in [1.29, 1.82) is 0 Å². The van der Waals surface area contributed by atoms with E-state index in [9.17, 15) is 9.90 Å². The molecule has 3 rings (SSSR count). The molecule has 5 nitrogen and oxygen atoms in total. The van der Waals surface area contributed by atoms with E-state index >= 15 is 0 Å². The lowest BCUT2D eigenvalue weighted by atomic mass is 10.1. The van der Waals surface area contributed by atoms with Gasteiger partial charge in [0.15, 0.2) is 0 Å². The summed E-state index contributed by atoms with van der Waals surface area (Å²) in [6, 6.07) is 8.79. The number of fused-ring (bicyclic) bond motifs is 1. The van der Waals surface area contributed by atoms with Crippen molar-refractivity contribution >= 4 is 22.7 Å². The third-order valence-electron chi connectivity index (χ3n) is 3.82. The minimum atomic E-state index is -0.938. The highest BCUT2D eigenvalue weighted by Gasteiger charge is 2.23. The average Bonchev–Trinajstić information content (AvgIpc) is 2.94. The lowest BCUT2D eigenvalue weighted by molar-refractivity contribution is 0.0699. The predicted molar refractivity (Wildman–Crippen MR) is 76.1 cm³/mol. The Balaban J connectivity index is 1.98. The highest BCUT2D eigenvalue weighted by atomic mass is 16.4. The van der Waals surface area contributed by atoms with Crippen molar-refractivity contribution in [1.82, 2.24) is 4.98 Å². The van der Waals surface area contributed by atoms with Gasteiger partial charge in [-0.3, -0.25) is 0 Å². The van der Waals surface area contributed by atoms with Gasteiger partial charge in [-0.25, -0.2) is 9.78 Å². The summed E-state index contributed by atoms with van der Waals surface area (Å²) in [7, 11) is 0. The van der Waals surface area contributed by atoms with Gasteiger partial charge >= 0.3 is 5.97 Å². The number of carboxylic acid groups (broad SMARTS) is 1. The molecular weight excluding hydrogens is 256 g/mol. The van der Waals surface area contributed by atoms with Crippen LogP contribution in [-0.4, -0.2) is 40.9 Å². The van der Waals surface area contributed by atoms with Crippen LogP contribution in [0.1, 0.15) is 16.8 Å². The second-order valence-electron chi connectivity index (χ2n) is 5.13. The summed E-state index contributed by atoms with van der Waals surface area (Å²) in [4.78, 5) is 17.9. The second kappa shape index (κ2) is 5.09. The van der Waals surface area contributed by atoms with E-state index in [-0.39, 0.29) is 12.2 Å². The Morgan fingerprint density at radius 2 is 2.20 bits per heavy atom. The first kappa shape index (κ1) is 12.9. The third-order valence-corrected chi connectivity index (χ3v) is 3.82. The smallest absolute Gasteiger partial charge is 0.336 e. The lowest BCUT2D eigenvalue weighted by Crippen LogP contribution is -2.21. The number of hydrogen-bond donors (Lipinski definition) is 2. The van der Waals surface area contributed by atoms with Crippen LogP contribution >= 0.6 is 0 Å². The first-order valence-electron chi connectivity index (χ1n) is 6.68. The molecule has 0 radical (unpaired) electrons. The number of aliphatic hydroxyl groups excluding tert-OH is 1. The van der Waals surface area contributed by atoms with Crippen LogP contribution in [-0.2, 0) is 0 Å². The Kier molecular flexibility index (Phi) is 3.28. The SMILES string of the molecule is O=C(O)c1cccc2nc(N3CCC(CO)C3)ccc12. The highest BCUT2D eigenvalue weighted by Crippen LogP contribution is 2.25. The van der Waals surface area contributed by atoms with Crippen LogP contribution in [0.25, 0.3) is 10.9 Å². The predicted octanol–water partition coefficient (Wildman–Crippen LogP) is 1.75. The Morgan fingerprint density at radius 3 is 2.90 bits per heavy atom. The number of anilines is 1. The monoisotopic (exact) mass is 272 g/mol. The van der Waals surface area contributed by atoms with Gasteiger partial charge in [-0.15, -0.1) is 0 Å². The van der Waals surface area contributed by atoms with E-state index in [1.165, 1.54) is 0 Å². The number of hydrogen-bond acceptors (Lipinski definition) is 4. The van der Waals surface area contributed by atoms with Crippen molar-refractivity contribution in [3.05, 3.63) is 35.9 Å². The van der Waals surface area contributed by atoms with E-state index in [1.54, 1.807) is 12.1 Å². The Labute approximate surface area is 116 Å². The van der Waals surface area contributed by atoms with Crippen LogP contribution < -0.4 is 4.90 Å². The molecule has 0 amide bonds. The first-order chi connectivity index (χ1) is 9.69. The molecule has 1 atom stereocenters. The van der Waals surface area contributed by atoms with Crippen LogP contribution in [0.4, 0.5) is 5.82 Å². The number of benzene rings is 1. The molecule has 1 aromatic heterocycles. The Hall–Kier alpha value is -2.14. The molecule has 2 aromatic rings. The van der Waals surface area contributed by atoms with Gasteiger partial charge < -0.3 is 15.1 Å². The second-order valence-corrected chi connectivity index (χ2v) is 5.13. The minimum absolute atomic E-state index is 0.202. The Bertz CT molecular complexity index is 657. The van der Waals surface area contributed by atoms with Gasteiger partial charge in [-0.05, 0) is 30.7 Å². The molecule has 2 N–H and O–H groups in total. The largest absolute Gasteiger partial charge is 0.478 e. The average molecular weight is 272 g/mol. The van der Waals surface area contributed by atoms with Crippen molar-refractivity contribution in [3.63, 3.8) is 0 Å². The summed E-state index contributed by atoms with van der Waals surface area (Å²) in [5.41, 5.74) is 0.964. The molecule has 1 aliphatic heterocycles. The van der Waals surface area contributed by atoms with Crippen LogP contribution in [0.15, 0.2) is 30.3 Å². The van der Waals surface area contributed by atoms with Gasteiger partial charge in [0, 0.05) is 31.0 Å². The van der Waals surface area contributed by atoms with Crippen molar-refractivity contribution in [2.24, 2.45) is 5.92 Å². The number of rotatable bonds is 3. The number of aliphatic hydroxyl groups is 1. The molecule has 1 saturated heterocycles. The van der Waals surface area contributed by atoms with Gasteiger partial charge in [0.2, 0.25) is 0 Å². The fourth-order valence-corrected chi connectivity index (χ4v) is 2.70.